The van der Waals surface area contributed by atoms with Crippen LogP contribution in [0.1, 0.15) is 30.6 Å². The number of rotatable bonds is 3. The van der Waals surface area contributed by atoms with E-state index in [9.17, 15) is 4.79 Å². The summed E-state index contributed by atoms with van der Waals surface area (Å²) in [5, 5.41) is 3.27. The smallest absolute Gasteiger partial charge is 0.269 e. The highest BCUT2D eigenvalue weighted by Crippen LogP contribution is 2.20. The molecule has 0 saturated carbocycles. The second-order valence-electron chi connectivity index (χ2n) is 4.12. The van der Waals surface area contributed by atoms with E-state index in [0.717, 1.165) is 37.2 Å². The first-order chi connectivity index (χ1) is 8.81. The van der Waals surface area contributed by atoms with E-state index < -0.39 is 0 Å². The molecule has 0 bridgehead atoms. The van der Waals surface area contributed by atoms with Crippen LogP contribution in [0.5, 0.6) is 5.75 Å². The normalized spacial score (nSPS) is 15.6. The van der Waals surface area contributed by atoms with Crippen LogP contribution in [0.3, 0.4) is 0 Å². The fraction of sp³-hybridized carbons (Fsp3) is 0.500. The Labute approximate surface area is 109 Å². The van der Waals surface area contributed by atoms with E-state index in [1.54, 1.807) is 7.11 Å². The topological polar surface area (TPSA) is 38.3 Å². The highest BCUT2D eigenvalue weighted by atomic mass is 19.0. The molecule has 2 rings (SSSR count). The van der Waals surface area contributed by atoms with Crippen molar-refractivity contribution in [1.82, 2.24) is 5.32 Å². The van der Waals surface area contributed by atoms with Gasteiger partial charge in [0.15, 0.2) is 5.78 Å². The zero-order chi connectivity index (χ0) is 13.4. The van der Waals surface area contributed by atoms with Crippen molar-refractivity contribution in [3.05, 3.63) is 29.8 Å². The molecule has 102 valence electrons. The van der Waals surface area contributed by atoms with Crippen LogP contribution in [-0.4, -0.2) is 27.4 Å². The number of ether oxygens (including phenoxy) is 1. The third-order valence-corrected chi connectivity index (χ3v) is 3.08. The van der Waals surface area contributed by atoms with E-state index in [0.29, 0.717) is 0 Å². The molecule has 0 spiro atoms. The number of hydrogen-bond donors (Lipinski definition) is 1. The van der Waals surface area contributed by atoms with Gasteiger partial charge in [-0.15, -0.1) is 0 Å². The second-order valence-corrected chi connectivity index (χ2v) is 4.12. The highest BCUT2D eigenvalue weighted by Gasteiger charge is 2.21. The molecule has 18 heavy (non-hydrogen) atoms. The minimum atomic E-state index is 0. The van der Waals surface area contributed by atoms with Gasteiger partial charge in [-0.2, -0.15) is 0 Å². The summed E-state index contributed by atoms with van der Waals surface area (Å²) in [6, 6.07) is 7.38. The first-order valence-corrected chi connectivity index (χ1v) is 5.70. The lowest BCUT2D eigenvalue weighted by molar-refractivity contribution is 0.0895. The summed E-state index contributed by atoms with van der Waals surface area (Å²) in [6.07, 6.45) is 1.90. The Morgan fingerprint density at radius 1 is 1.33 bits per heavy atom. The molecule has 1 N–H and O–H groups in total. The number of carbonyl (C=O) groups is 1. The van der Waals surface area contributed by atoms with Crippen molar-refractivity contribution in [3.8, 4) is 5.75 Å². The number of methoxy groups -OCH3 is 1. The van der Waals surface area contributed by atoms with Crippen LogP contribution in [0.4, 0.5) is 4.72 Å². The summed E-state index contributed by atoms with van der Waals surface area (Å²) in [4.78, 5) is 12.1. The van der Waals surface area contributed by atoms with Crippen LogP contribution < -0.4 is 10.1 Å². The van der Waals surface area contributed by atoms with Crippen molar-refractivity contribution in [1.29, 1.82) is 1.45 Å². The van der Waals surface area contributed by atoms with Gasteiger partial charge in [-0.05, 0) is 50.2 Å². The van der Waals surface area contributed by atoms with Gasteiger partial charge >= 0.3 is 0 Å². The van der Waals surface area contributed by atoms with Gasteiger partial charge < -0.3 is 10.1 Å². The molecule has 4 heteroatoms. The predicted molar refractivity (Wildman–Crippen MR) is 72.2 cm³/mol. The standard InChI is InChI=1S/C13H17NO2.CH4.FH/c1-16-12-4-2-10(3-5-12)13(15)11-6-8-14-9-7-11;;/h2-5,11,14H,6-9H2,1H3;1H4;1H/i/hT. The lowest BCUT2D eigenvalue weighted by Gasteiger charge is -2.21. The van der Waals surface area contributed by atoms with Crippen LogP contribution in [0, 0.1) is 5.92 Å². The Morgan fingerprint density at radius 2 is 1.89 bits per heavy atom. The van der Waals surface area contributed by atoms with Crippen LogP contribution in [-0.2, 0) is 0 Å². The van der Waals surface area contributed by atoms with E-state index in [-0.39, 0.29) is 19.1 Å². The second kappa shape index (κ2) is 7.82. The summed E-state index contributed by atoms with van der Waals surface area (Å²) < 4.78 is 18.1. The lowest BCUT2D eigenvalue weighted by Crippen LogP contribution is -2.31. The molecule has 0 atom stereocenters. The Kier molecular flexibility index (Phi) is 6.36. The maximum atomic E-state index is 12.1. The van der Waals surface area contributed by atoms with Crippen molar-refractivity contribution in [2.75, 3.05) is 20.2 Å². The number of hydrogen-bond acceptors (Lipinski definition) is 3. The minimum Gasteiger partial charge on any atom is -0.497 e. The monoisotopic (exact) mass is 257 g/mol. The van der Waals surface area contributed by atoms with Crippen molar-refractivity contribution >= 4 is 5.78 Å². The van der Waals surface area contributed by atoms with Gasteiger partial charge in [0.2, 0.25) is 0 Å². The molecule has 1 fully saturated rings. The molecule has 0 aliphatic carbocycles. The number of ketones is 1. The van der Waals surface area contributed by atoms with Crippen LogP contribution in [0.15, 0.2) is 24.3 Å². The Morgan fingerprint density at radius 3 is 2.39 bits per heavy atom. The summed E-state index contributed by atoms with van der Waals surface area (Å²) >= 11 is 0. The van der Waals surface area contributed by atoms with Gasteiger partial charge in [-0.3, -0.25) is 9.51 Å². The van der Waals surface area contributed by atoms with Gasteiger partial charge in [-0.1, -0.05) is 7.43 Å². The average molecular weight is 257 g/mol. The third-order valence-electron chi connectivity index (χ3n) is 3.08. The molecule has 1 aromatic carbocycles. The van der Waals surface area contributed by atoms with E-state index in [1.165, 1.54) is 0 Å². The number of piperidine rings is 1. The number of benzene rings is 1. The third kappa shape index (κ3) is 3.81. The SMILES string of the molecule is C.COc1ccc(C(=O)C2CCNCC2)cc1.[3H]F. The van der Waals surface area contributed by atoms with Crippen LogP contribution in [0.2, 0.25) is 0 Å². The molecule has 0 aromatic heterocycles. The van der Waals surface area contributed by atoms with Crippen molar-refractivity contribution in [2.24, 2.45) is 5.92 Å². The van der Waals surface area contributed by atoms with E-state index in [2.05, 4.69) is 6.77 Å². The molecule has 0 radical (unpaired) electrons. The van der Waals surface area contributed by atoms with E-state index in [1.807, 2.05) is 24.3 Å². The van der Waals surface area contributed by atoms with E-state index in [4.69, 9.17) is 9.45 Å². The molecule has 3 nitrogen and oxygen atoms in total. The first kappa shape index (κ1) is 14.6. The van der Waals surface area contributed by atoms with Crippen LogP contribution in [0.25, 0.3) is 0 Å². The summed E-state index contributed by atoms with van der Waals surface area (Å²) in [5.41, 5.74) is 0.799. The molecule has 0 amide bonds. The van der Waals surface area contributed by atoms with Gasteiger partial charge in [0, 0.05) is 11.5 Å². The van der Waals surface area contributed by atoms with Crippen molar-refractivity contribution in [2.45, 2.75) is 20.3 Å². The largest absolute Gasteiger partial charge is 0.497 e. The molecular formula is C14H22FNO2. The Balaban J connectivity index is 0.00000103. The van der Waals surface area contributed by atoms with Crippen LogP contribution >= 0.6 is 0 Å². The number of nitrogens with one attached hydrogen (secondary N) is 1. The summed E-state index contributed by atoms with van der Waals surface area (Å²) in [7, 11) is 1.63. The maximum absolute atomic E-state index is 12.1. The maximum Gasteiger partial charge on any atom is 0.269 e. The summed E-state index contributed by atoms with van der Waals surface area (Å²) in [6.45, 7) is 1.90. The molecule has 1 heterocycles. The van der Waals surface area contributed by atoms with Gasteiger partial charge in [0.05, 0.1) is 7.11 Å². The first-order valence-electron chi connectivity index (χ1n) is 6.08. The molecule has 1 aromatic rings. The van der Waals surface area contributed by atoms with Gasteiger partial charge in [-0.25, -0.2) is 0 Å². The van der Waals surface area contributed by atoms with Gasteiger partial charge in [0.1, 0.15) is 5.75 Å². The zero-order valence-corrected chi connectivity index (χ0v) is 9.91. The van der Waals surface area contributed by atoms with Crippen molar-refractivity contribution in [3.63, 3.8) is 0 Å². The Bertz CT molecular complexity index is 364. The fourth-order valence-electron chi connectivity index (χ4n) is 2.08. The Hall–Kier alpha value is -1.42. The number of Topliss-reactive ketones (excluding diaryl/α,β-unsaturated/α-hetero) is 1. The molecule has 1 aliphatic rings. The van der Waals surface area contributed by atoms with E-state index >= 15 is 0 Å². The van der Waals surface area contributed by atoms with Crippen molar-refractivity contribution < 1.29 is 14.2 Å². The lowest BCUT2D eigenvalue weighted by atomic mass is 9.90. The molecule has 0 unspecified atom stereocenters. The number of halogens is 1. The summed E-state index contributed by atoms with van der Waals surface area (Å²) in [5.74, 6) is 1.25. The molecule has 1 saturated heterocycles. The highest BCUT2D eigenvalue weighted by molar-refractivity contribution is 5.98. The molecule has 1 aliphatic heterocycles. The number of carbonyl (C=O) groups excluding carboxylic acids is 1. The predicted octanol–water partition coefficient (Wildman–Crippen LogP) is 2.67. The quantitative estimate of drug-likeness (QED) is 0.846. The zero-order valence-electron chi connectivity index (χ0n) is 10.9. The fourth-order valence-corrected chi connectivity index (χ4v) is 2.08. The minimum absolute atomic E-state index is 0. The van der Waals surface area contributed by atoms with Gasteiger partial charge in [0.25, 0.3) is 1.45 Å². The molecular weight excluding hydrogens is 233 g/mol. The average Bonchev–Trinajstić information content (AvgIpc) is 2.49.